The average Bonchev–Trinajstić information content (AvgIpc) is 2.29. The molecular formula is C13H13FN2O. The van der Waals surface area contributed by atoms with E-state index < -0.39 is 5.82 Å². The van der Waals surface area contributed by atoms with E-state index >= 15 is 0 Å². The van der Waals surface area contributed by atoms with Crippen LogP contribution in [-0.2, 0) is 0 Å². The lowest BCUT2D eigenvalue weighted by Crippen LogP contribution is -1.96. The second kappa shape index (κ2) is 4.41. The predicted octanol–water partition coefficient (Wildman–Crippen LogP) is 3.21. The molecule has 0 unspecified atom stereocenters. The molecular weight excluding hydrogens is 219 g/mol. The van der Waals surface area contributed by atoms with Crippen LogP contribution in [-0.4, -0.2) is 4.98 Å². The monoisotopic (exact) mass is 232 g/mol. The zero-order valence-electron chi connectivity index (χ0n) is 9.70. The number of aromatic nitrogens is 1. The Labute approximate surface area is 99.1 Å². The number of rotatable bonds is 2. The zero-order chi connectivity index (χ0) is 12.4. The van der Waals surface area contributed by atoms with Crippen LogP contribution in [0.1, 0.15) is 11.1 Å². The van der Waals surface area contributed by atoms with Crippen molar-refractivity contribution in [3.8, 4) is 11.6 Å². The van der Waals surface area contributed by atoms with E-state index in [9.17, 15) is 4.39 Å². The number of nitrogen functional groups attached to an aromatic ring is 1. The van der Waals surface area contributed by atoms with Crippen LogP contribution >= 0.6 is 0 Å². The molecule has 0 aliphatic rings. The molecule has 0 saturated carbocycles. The van der Waals surface area contributed by atoms with E-state index in [-0.39, 0.29) is 5.88 Å². The number of aryl methyl sites for hydroxylation is 2. The Morgan fingerprint density at radius 2 is 2.00 bits per heavy atom. The summed E-state index contributed by atoms with van der Waals surface area (Å²) in [5.41, 5.74) is 8.19. The summed E-state index contributed by atoms with van der Waals surface area (Å²) in [7, 11) is 0. The molecule has 0 radical (unpaired) electrons. The van der Waals surface area contributed by atoms with Crippen LogP contribution in [0, 0.1) is 19.7 Å². The van der Waals surface area contributed by atoms with Gasteiger partial charge in [-0.1, -0.05) is 0 Å². The number of hydrogen-bond acceptors (Lipinski definition) is 3. The number of nitrogens with zero attached hydrogens (tertiary/aromatic N) is 1. The Hall–Kier alpha value is -2.10. The van der Waals surface area contributed by atoms with Gasteiger partial charge in [0.25, 0.3) is 5.88 Å². The molecule has 0 atom stereocenters. The first-order valence-electron chi connectivity index (χ1n) is 5.23. The maximum atomic E-state index is 13.4. The van der Waals surface area contributed by atoms with Gasteiger partial charge in [-0.2, -0.15) is 0 Å². The maximum absolute atomic E-state index is 13.4. The molecule has 1 aromatic carbocycles. The first-order chi connectivity index (χ1) is 8.08. The van der Waals surface area contributed by atoms with Crippen LogP contribution in [0.3, 0.4) is 0 Å². The first-order valence-corrected chi connectivity index (χ1v) is 5.23. The molecule has 17 heavy (non-hydrogen) atoms. The summed E-state index contributed by atoms with van der Waals surface area (Å²) < 4.78 is 18.8. The van der Waals surface area contributed by atoms with Crippen molar-refractivity contribution in [2.24, 2.45) is 0 Å². The van der Waals surface area contributed by atoms with Crippen molar-refractivity contribution in [3.05, 3.63) is 47.4 Å². The predicted molar refractivity (Wildman–Crippen MR) is 64.6 cm³/mol. The highest BCUT2D eigenvalue weighted by molar-refractivity contribution is 5.54. The number of anilines is 1. The van der Waals surface area contributed by atoms with Gasteiger partial charge in [0.2, 0.25) is 0 Å². The third kappa shape index (κ3) is 2.36. The van der Waals surface area contributed by atoms with Gasteiger partial charge in [0, 0.05) is 11.9 Å². The van der Waals surface area contributed by atoms with Crippen LogP contribution < -0.4 is 10.5 Å². The summed E-state index contributed by atoms with van der Waals surface area (Å²) >= 11 is 0. The minimum Gasteiger partial charge on any atom is -0.436 e. The van der Waals surface area contributed by atoms with Gasteiger partial charge in [-0.15, -0.1) is 0 Å². The summed E-state index contributed by atoms with van der Waals surface area (Å²) in [4.78, 5) is 3.84. The third-order valence-corrected chi connectivity index (χ3v) is 2.49. The van der Waals surface area contributed by atoms with E-state index in [1.807, 2.05) is 13.8 Å². The number of ether oxygens (including phenoxy) is 1. The highest BCUT2D eigenvalue weighted by Gasteiger charge is 2.08. The second-order valence-electron chi connectivity index (χ2n) is 3.87. The lowest BCUT2D eigenvalue weighted by Gasteiger charge is -2.10. The molecule has 2 aromatic rings. The molecule has 0 bridgehead atoms. The van der Waals surface area contributed by atoms with Crippen LogP contribution in [0.5, 0.6) is 11.6 Å². The van der Waals surface area contributed by atoms with Crippen molar-refractivity contribution in [2.45, 2.75) is 13.8 Å². The minimum absolute atomic E-state index is 0.0280. The lowest BCUT2D eigenvalue weighted by atomic mass is 10.1. The van der Waals surface area contributed by atoms with Crippen molar-refractivity contribution in [1.82, 2.24) is 4.98 Å². The smallest absolute Gasteiger partial charge is 0.255 e. The van der Waals surface area contributed by atoms with Crippen LogP contribution in [0.15, 0.2) is 30.5 Å². The van der Waals surface area contributed by atoms with E-state index in [2.05, 4.69) is 4.98 Å². The fraction of sp³-hybridized carbons (Fsp3) is 0.154. The van der Waals surface area contributed by atoms with Crippen molar-refractivity contribution < 1.29 is 9.13 Å². The fourth-order valence-electron chi connectivity index (χ4n) is 1.47. The highest BCUT2D eigenvalue weighted by atomic mass is 19.1. The standard InChI is InChI=1S/C13H13FN2O/c1-8-7-12(9(2)6-11(8)15)17-13-10(14)4-3-5-16-13/h3-7H,15H2,1-2H3. The second-order valence-corrected chi connectivity index (χ2v) is 3.87. The van der Waals surface area contributed by atoms with Gasteiger partial charge in [0.15, 0.2) is 5.82 Å². The molecule has 0 aliphatic carbocycles. The largest absolute Gasteiger partial charge is 0.436 e. The third-order valence-electron chi connectivity index (χ3n) is 2.49. The first kappa shape index (κ1) is 11.4. The molecule has 0 fully saturated rings. The van der Waals surface area contributed by atoms with Crippen molar-refractivity contribution in [1.29, 1.82) is 0 Å². The lowest BCUT2D eigenvalue weighted by molar-refractivity contribution is 0.420. The Balaban J connectivity index is 2.37. The van der Waals surface area contributed by atoms with E-state index in [0.717, 1.165) is 11.1 Å². The molecule has 2 N–H and O–H groups in total. The van der Waals surface area contributed by atoms with Gasteiger partial charge in [-0.25, -0.2) is 9.37 Å². The molecule has 0 saturated heterocycles. The van der Waals surface area contributed by atoms with Gasteiger partial charge >= 0.3 is 0 Å². The fourth-order valence-corrected chi connectivity index (χ4v) is 1.47. The van der Waals surface area contributed by atoms with Gasteiger partial charge in [0.1, 0.15) is 5.75 Å². The van der Waals surface area contributed by atoms with Crippen LogP contribution in [0.25, 0.3) is 0 Å². The van der Waals surface area contributed by atoms with Crippen LogP contribution in [0.4, 0.5) is 10.1 Å². The summed E-state index contributed by atoms with van der Waals surface area (Å²) in [5, 5.41) is 0. The molecule has 1 aromatic heterocycles. The molecule has 2 rings (SSSR count). The Kier molecular flexibility index (Phi) is 2.95. The normalized spacial score (nSPS) is 10.3. The van der Waals surface area contributed by atoms with Crippen molar-refractivity contribution in [2.75, 3.05) is 5.73 Å². The molecule has 0 spiro atoms. The summed E-state index contributed by atoms with van der Waals surface area (Å²) in [5.74, 6) is 0.0513. The van der Waals surface area contributed by atoms with Gasteiger partial charge in [0.05, 0.1) is 0 Å². The quantitative estimate of drug-likeness (QED) is 0.809. The van der Waals surface area contributed by atoms with Gasteiger partial charge in [-0.05, 0) is 49.2 Å². The Morgan fingerprint density at radius 3 is 2.71 bits per heavy atom. The van der Waals surface area contributed by atoms with E-state index in [0.29, 0.717) is 11.4 Å². The Morgan fingerprint density at radius 1 is 1.24 bits per heavy atom. The number of pyridine rings is 1. The number of benzene rings is 1. The van der Waals surface area contributed by atoms with Gasteiger partial charge < -0.3 is 10.5 Å². The molecule has 3 nitrogen and oxygen atoms in total. The SMILES string of the molecule is Cc1cc(Oc2ncccc2F)c(C)cc1N. The van der Waals surface area contributed by atoms with Gasteiger partial charge in [-0.3, -0.25) is 0 Å². The number of hydrogen-bond donors (Lipinski definition) is 1. The summed E-state index contributed by atoms with van der Waals surface area (Å²) in [6.45, 7) is 3.72. The topological polar surface area (TPSA) is 48.1 Å². The Bertz CT molecular complexity index is 555. The average molecular weight is 232 g/mol. The minimum atomic E-state index is -0.485. The maximum Gasteiger partial charge on any atom is 0.255 e. The van der Waals surface area contributed by atoms with Crippen molar-refractivity contribution in [3.63, 3.8) is 0 Å². The zero-order valence-corrected chi connectivity index (χ0v) is 9.70. The van der Waals surface area contributed by atoms with E-state index in [4.69, 9.17) is 10.5 Å². The van der Waals surface area contributed by atoms with E-state index in [1.165, 1.54) is 18.3 Å². The van der Waals surface area contributed by atoms with E-state index in [1.54, 1.807) is 12.1 Å². The molecule has 0 amide bonds. The highest BCUT2D eigenvalue weighted by Crippen LogP contribution is 2.28. The molecule has 0 aliphatic heterocycles. The molecule has 88 valence electrons. The van der Waals surface area contributed by atoms with Crippen LogP contribution in [0.2, 0.25) is 0 Å². The summed E-state index contributed by atoms with van der Waals surface area (Å²) in [6, 6.07) is 6.40. The molecule has 1 heterocycles. The number of nitrogens with two attached hydrogens (primary N) is 1. The number of halogens is 1. The summed E-state index contributed by atoms with van der Waals surface area (Å²) in [6.07, 6.45) is 1.48. The van der Waals surface area contributed by atoms with Crippen molar-refractivity contribution >= 4 is 5.69 Å². The molecule has 4 heteroatoms.